The molecule has 2 heterocycles. The number of carbonyl (C=O) groups is 2. The number of thiazole rings is 1. The molecule has 2 amide bonds. The van der Waals surface area contributed by atoms with Gasteiger partial charge in [-0.15, -0.1) is 22.7 Å². The highest BCUT2D eigenvalue weighted by molar-refractivity contribution is 7.15. The fourth-order valence-electron chi connectivity index (χ4n) is 1.48. The van der Waals surface area contributed by atoms with Gasteiger partial charge in [0.2, 0.25) is 5.91 Å². The summed E-state index contributed by atoms with van der Waals surface area (Å²) in [5.74, 6) is -0.516. The van der Waals surface area contributed by atoms with Gasteiger partial charge < -0.3 is 10.6 Å². The minimum absolute atomic E-state index is 0.242. The van der Waals surface area contributed by atoms with E-state index in [0.29, 0.717) is 10.0 Å². The van der Waals surface area contributed by atoms with Gasteiger partial charge in [-0.2, -0.15) is 0 Å². The lowest BCUT2D eigenvalue weighted by atomic mass is 10.3. The summed E-state index contributed by atoms with van der Waals surface area (Å²) in [6.45, 7) is 5.49. The Labute approximate surface area is 125 Å². The Morgan fingerprint density at radius 3 is 2.65 bits per heavy atom. The van der Waals surface area contributed by atoms with E-state index in [1.807, 2.05) is 19.2 Å². The van der Waals surface area contributed by atoms with Crippen molar-refractivity contribution in [2.24, 2.45) is 0 Å². The van der Waals surface area contributed by atoms with Crippen LogP contribution in [-0.4, -0.2) is 22.8 Å². The van der Waals surface area contributed by atoms with Gasteiger partial charge in [-0.05, 0) is 32.2 Å². The Morgan fingerprint density at radius 2 is 2.10 bits per heavy atom. The fraction of sp³-hybridized carbons (Fsp3) is 0.308. The molecule has 1 unspecified atom stereocenters. The summed E-state index contributed by atoms with van der Waals surface area (Å²) >= 11 is 2.76. The number of nitrogens with one attached hydrogen (secondary N) is 2. The van der Waals surface area contributed by atoms with E-state index in [0.717, 1.165) is 10.6 Å². The van der Waals surface area contributed by atoms with Crippen LogP contribution in [0.25, 0.3) is 0 Å². The van der Waals surface area contributed by atoms with Crippen molar-refractivity contribution >= 4 is 39.6 Å². The number of hydrogen-bond donors (Lipinski definition) is 2. The van der Waals surface area contributed by atoms with Crippen LogP contribution in [0.3, 0.4) is 0 Å². The minimum Gasteiger partial charge on any atom is -0.340 e. The van der Waals surface area contributed by atoms with Gasteiger partial charge in [0, 0.05) is 4.88 Å². The third-order valence-electron chi connectivity index (χ3n) is 2.74. The maximum absolute atomic E-state index is 12.0. The summed E-state index contributed by atoms with van der Waals surface area (Å²) in [5, 5.41) is 7.75. The molecule has 2 rings (SSSR count). The number of amides is 2. The molecule has 0 aliphatic heterocycles. The van der Waals surface area contributed by atoms with Gasteiger partial charge in [0.15, 0.2) is 5.13 Å². The number of carbonyl (C=O) groups excluding carboxylic acids is 2. The first-order chi connectivity index (χ1) is 9.47. The molecular formula is C13H15N3O2S2. The zero-order valence-electron chi connectivity index (χ0n) is 11.4. The first-order valence-corrected chi connectivity index (χ1v) is 7.76. The lowest BCUT2D eigenvalue weighted by Gasteiger charge is -2.12. The molecule has 5 nitrogen and oxygen atoms in total. The standard InChI is InChI=1S/C13H15N3O2S2/c1-7-9(3)20-13(15-7)16-11(17)8(2)14-12(18)10-5-4-6-19-10/h4-6,8H,1-3H3,(H,14,18)(H,15,16,17). The summed E-state index contributed by atoms with van der Waals surface area (Å²) in [5.41, 5.74) is 0.903. The molecule has 0 aliphatic carbocycles. The van der Waals surface area contributed by atoms with Crippen LogP contribution >= 0.6 is 22.7 Å². The number of aryl methyl sites for hydroxylation is 2. The van der Waals surface area contributed by atoms with E-state index in [1.165, 1.54) is 22.7 Å². The molecule has 2 aromatic rings. The quantitative estimate of drug-likeness (QED) is 0.912. The van der Waals surface area contributed by atoms with Crippen LogP contribution in [0, 0.1) is 13.8 Å². The van der Waals surface area contributed by atoms with Crippen LogP contribution in [0.2, 0.25) is 0 Å². The highest BCUT2D eigenvalue weighted by Gasteiger charge is 2.18. The molecule has 1 atom stereocenters. The second-order valence-electron chi connectivity index (χ2n) is 4.32. The molecule has 0 saturated carbocycles. The molecular weight excluding hydrogens is 294 g/mol. The number of thiophene rings is 1. The average molecular weight is 309 g/mol. The van der Waals surface area contributed by atoms with Crippen LogP contribution in [0.5, 0.6) is 0 Å². The summed E-state index contributed by atoms with van der Waals surface area (Å²) < 4.78 is 0. The van der Waals surface area contributed by atoms with Crippen molar-refractivity contribution in [3.8, 4) is 0 Å². The summed E-state index contributed by atoms with van der Waals surface area (Å²) in [7, 11) is 0. The molecule has 0 saturated heterocycles. The van der Waals surface area contributed by atoms with E-state index < -0.39 is 6.04 Å². The van der Waals surface area contributed by atoms with Crippen LogP contribution < -0.4 is 10.6 Å². The van der Waals surface area contributed by atoms with E-state index >= 15 is 0 Å². The second-order valence-corrected chi connectivity index (χ2v) is 6.47. The van der Waals surface area contributed by atoms with E-state index in [-0.39, 0.29) is 11.8 Å². The lowest BCUT2D eigenvalue weighted by molar-refractivity contribution is -0.117. The van der Waals surface area contributed by atoms with Gasteiger partial charge in [-0.25, -0.2) is 4.98 Å². The zero-order valence-corrected chi connectivity index (χ0v) is 13.0. The van der Waals surface area contributed by atoms with Gasteiger partial charge in [-0.1, -0.05) is 6.07 Å². The summed E-state index contributed by atoms with van der Waals surface area (Å²) in [4.78, 5) is 29.7. The minimum atomic E-state index is -0.617. The fourth-order valence-corrected chi connectivity index (χ4v) is 2.93. The molecule has 0 fully saturated rings. The van der Waals surface area contributed by atoms with Crippen LogP contribution in [-0.2, 0) is 4.79 Å². The first kappa shape index (κ1) is 14.7. The van der Waals surface area contributed by atoms with Crippen molar-refractivity contribution in [1.29, 1.82) is 0 Å². The van der Waals surface area contributed by atoms with Crippen molar-refractivity contribution in [3.05, 3.63) is 33.0 Å². The topological polar surface area (TPSA) is 71.1 Å². The average Bonchev–Trinajstić information content (AvgIpc) is 3.00. The van der Waals surface area contributed by atoms with Crippen LogP contribution in [0.1, 0.15) is 27.2 Å². The van der Waals surface area contributed by atoms with Crippen molar-refractivity contribution in [2.45, 2.75) is 26.8 Å². The molecule has 106 valence electrons. The maximum atomic E-state index is 12.0. The predicted octanol–water partition coefficient (Wildman–Crippen LogP) is 2.58. The van der Waals surface area contributed by atoms with Crippen molar-refractivity contribution in [1.82, 2.24) is 10.3 Å². The number of hydrogen-bond acceptors (Lipinski definition) is 5. The molecule has 20 heavy (non-hydrogen) atoms. The van der Waals surface area contributed by atoms with Gasteiger partial charge in [0.1, 0.15) is 6.04 Å². The zero-order chi connectivity index (χ0) is 14.7. The van der Waals surface area contributed by atoms with E-state index in [9.17, 15) is 9.59 Å². The molecule has 0 radical (unpaired) electrons. The molecule has 0 aliphatic rings. The van der Waals surface area contributed by atoms with Crippen molar-refractivity contribution < 1.29 is 9.59 Å². The SMILES string of the molecule is Cc1nc(NC(=O)C(C)NC(=O)c2cccs2)sc1C. The maximum Gasteiger partial charge on any atom is 0.261 e. The Kier molecular flexibility index (Phi) is 4.51. The monoisotopic (exact) mass is 309 g/mol. The Balaban J connectivity index is 1.93. The predicted molar refractivity (Wildman–Crippen MR) is 81.5 cm³/mol. The Hall–Kier alpha value is -1.73. The first-order valence-electron chi connectivity index (χ1n) is 6.06. The van der Waals surface area contributed by atoms with E-state index in [1.54, 1.807) is 19.1 Å². The van der Waals surface area contributed by atoms with Crippen LogP contribution in [0.4, 0.5) is 5.13 Å². The molecule has 2 aromatic heterocycles. The molecule has 7 heteroatoms. The summed E-state index contributed by atoms with van der Waals surface area (Å²) in [6.07, 6.45) is 0. The van der Waals surface area contributed by atoms with Gasteiger partial charge in [0.05, 0.1) is 10.6 Å². The smallest absolute Gasteiger partial charge is 0.261 e. The largest absolute Gasteiger partial charge is 0.340 e. The Bertz CT molecular complexity index is 600. The van der Waals surface area contributed by atoms with Gasteiger partial charge in [0.25, 0.3) is 5.91 Å². The van der Waals surface area contributed by atoms with E-state index in [2.05, 4.69) is 15.6 Å². The van der Waals surface area contributed by atoms with Crippen molar-refractivity contribution in [3.63, 3.8) is 0 Å². The van der Waals surface area contributed by atoms with Crippen LogP contribution in [0.15, 0.2) is 17.5 Å². The highest BCUT2D eigenvalue weighted by Crippen LogP contribution is 2.21. The Morgan fingerprint density at radius 1 is 1.35 bits per heavy atom. The van der Waals surface area contributed by atoms with Gasteiger partial charge >= 0.3 is 0 Å². The second kappa shape index (κ2) is 6.15. The summed E-state index contributed by atoms with van der Waals surface area (Å²) in [6, 6.07) is 2.90. The lowest BCUT2D eigenvalue weighted by Crippen LogP contribution is -2.41. The van der Waals surface area contributed by atoms with E-state index in [4.69, 9.17) is 0 Å². The third kappa shape index (κ3) is 3.43. The number of rotatable bonds is 4. The van der Waals surface area contributed by atoms with Crippen molar-refractivity contribution in [2.75, 3.05) is 5.32 Å². The number of nitrogens with zero attached hydrogens (tertiary/aromatic N) is 1. The third-order valence-corrected chi connectivity index (χ3v) is 4.60. The normalized spacial score (nSPS) is 11.9. The van der Waals surface area contributed by atoms with Gasteiger partial charge in [-0.3, -0.25) is 9.59 Å². The highest BCUT2D eigenvalue weighted by atomic mass is 32.1. The number of anilines is 1. The molecule has 0 bridgehead atoms. The molecule has 2 N–H and O–H groups in total. The molecule has 0 spiro atoms. The molecule has 0 aromatic carbocycles. The number of aromatic nitrogens is 1.